The van der Waals surface area contributed by atoms with Crippen molar-refractivity contribution in [3.8, 4) is 28.1 Å². The second-order valence-corrected chi connectivity index (χ2v) is 7.87. The van der Waals surface area contributed by atoms with Crippen LogP contribution in [-0.2, 0) is 17.4 Å². The fourth-order valence-electron chi connectivity index (χ4n) is 3.99. The standard InChI is InChI=1S/C27H22F3NO2/c1-18-24(20-7-3-2-4-8-20)17-25(21-11-13-22(14-12-21)27(28,29)30)31(18)23-9-5-6-19(16-23)10-15-26(32)33/h2-9,11-14,16-17H,10,15H2,1H3,(H,32,33). The molecule has 0 saturated heterocycles. The van der Waals surface area contributed by atoms with Crippen LogP contribution in [0.15, 0.2) is 84.9 Å². The van der Waals surface area contributed by atoms with E-state index in [2.05, 4.69) is 0 Å². The molecule has 1 heterocycles. The van der Waals surface area contributed by atoms with Gasteiger partial charge < -0.3 is 9.67 Å². The van der Waals surface area contributed by atoms with Crippen molar-refractivity contribution in [3.63, 3.8) is 0 Å². The maximum absolute atomic E-state index is 13.1. The van der Waals surface area contributed by atoms with E-state index in [1.165, 1.54) is 12.1 Å². The maximum Gasteiger partial charge on any atom is 0.416 e. The van der Waals surface area contributed by atoms with E-state index < -0.39 is 17.7 Å². The molecule has 0 amide bonds. The van der Waals surface area contributed by atoms with Crippen LogP contribution in [0.3, 0.4) is 0 Å². The lowest BCUT2D eigenvalue weighted by Crippen LogP contribution is -2.05. The molecule has 0 bridgehead atoms. The van der Waals surface area contributed by atoms with Crippen molar-refractivity contribution < 1.29 is 23.1 Å². The number of carboxylic acid groups (broad SMARTS) is 1. The zero-order valence-corrected chi connectivity index (χ0v) is 17.9. The first-order valence-corrected chi connectivity index (χ1v) is 10.5. The molecule has 0 saturated carbocycles. The van der Waals surface area contributed by atoms with Crippen molar-refractivity contribution in [3.05, 3.63) is 102 Å². The number of alkyl halides is 3. The van der Waals surface area contributed by atoms with Crippen molar-refractivity contribution in [1.82, 2.24) is 4.57 Å². The molecule has 4 rings (SSSR count). The molecule has 0 aliphatic rings. The SMILES string of the molecule is Cc1c(-c2ccccc2)cc(-c2ccc(C(F)(F)F)cc2)n1-c1cccc(CCC(=O)O)c1. The summed E-state index contributed by atoms with van der Waals surface area (Å²) in [6.07, 6.45) is -3.98. The summed E-state index contributed by atoms with van der Waals surface area (Å²) in [6.45, 7) is 1.97. The number of benzene rings is 3. The monoisotopic (exact) mass is 449 g/mol. The van der Waals surface area contributed by atoms with Crippen molar-refractivity contribution in [2.24, 2.45) is 0 Å². The lowest BCUT2D eigenvalue weighted by atomic mass is 10.0. The van der Waals surface area contributed by atoms with Gasteiger partial charge in [0.2, 0.25) is 0 Å². The van der Waals surface area contributed by atoms with Gasteiger partial charge in [0.25, 0.3) is 0 Å². The first-order valence-electron chi connectivity index (χ1n) is 10.5. The van der Waals surface area contributed by atoms with Gasteiger partial charge in [0, 0.05) is 23.4 Å². The zero-order chi connectivity index (χ0) is 23.6. The predicted molar refractivity (Wildman–Crippen MR) is 122 cm³/mol. The van der Waals surface area contributed by atoms with Crippen LogP contribution < -0.4 is 0 Å². The summed E-state index contributed by atoms with van der Waals surface area (Å²) in [4.78, 5) is 11.0. The predicted octanol–water partition coefficient (Wildman–Crippen LogP) is 7.16. The van der Waals surface area contributed by atoms with Crippen LogP contribution in [0.2, 0.25) is 0 Å². The van der Waals surface area contributed by atoms with E-state index in [0.717, 1.165) is 45.9 Å². The fraction of sp³-hybridized carbons (Fsp3) is 0.148. The van der Waals surface area contributed by atoms with Gasteiger partial charge >= 0.3 is 12.1 Å². The number of hydrogen-bond donors (Lipinski definition) is 1. The Morgan fingerprint density at radius 3 is 2.21 bits per heavy atom. The zero-order valence-electron chi connectivity index (χ0n) is 17.9. The van der Waals surface area contributed by atoms with Gasteiger partial charge in [0.15, 0.2) is 0 Å². The van der Waals surface area contributed by atoms with Gasteiger partial charge in [-0.2, -0.15) is 13.2 Å². The molecule has 0 spiro atoms. The molecule has 0 atom stereocenters. The smallest absolute Gasteiger partial charge is 0.416 e. The summed E-state index contributed by atoms with van der Waals surface area (Å²) in [5.41, 5.74) is 5.34. The van der Waals surface area contributed by atoms with Crippen LogP contribution in [0.1, 0.15) is 23.2 Å². The average molecular weight is 449 g/mol. The van der Waals surface area contributed by atoms with Crippen LogP contribution >= 0.6 is 0 Å². The maximum atomic E-state index is 13.1. The summed E-state index contributed by atoms with van der Waals surface area (Å²) in [7, 11) is 0. The Balaban J connectivity index is 1.86. The van der Waals surface area contributed by atoms with Crippen LogP contribution in [0.25, 0.3) is 28.1 Å². The topological polar surface area (TPSA) is 42.2 Å². The molecule has 0 aliphatic heterocycles. The number of aliphatic carboxylic acids is 1. The molecule has 4 aromatic rings. The molecule has 0 radical (unpaired) electrons. The quantitative estimate of drug-likeness (QED) is 0.339. The van der Waals surface area contributed by atoms with Gasteiger partial charge in [-0.05, 0) is 60.4 Å². The molecular weight excluding hydrogens is 427 g/mol. The summed E-state index contributed by atoms with van der Waals surface area (Å²) in [5, 5.41) is 9.02. The van der Waals surface area contributed by atoms with Crippen molar-refractivity contribution in [1.29, 1.82) is 0 Å². The van der Waals surface area contributed by atoms with E-state index in [1.807, 2.05) is 72.2 Å². The summed E-state index contributed by atoms with van der Waals surface area (Å²) < 4.78 is 41.3. The highest BCUT2D eigenvalue weighted by atomic mass is 19.4. The highest BCUT2D eigenvalue weighted by Crippen LogP contribution is 2.37. The van der Waals surface area contributed by atoms with Gasteiger partial charge in [-0.3, -0.25) is 4.79 Å². The van der Waals surface area contributed by atoms with Crippen molar-refractivity contribution in [2.45, 2.75) is 25.9 Å². The highest BCUT2D eigenvalue weighted by molar-refractivity contribution is 5.77. The first-order chi connectivity index (χ1) is 15.7. The van der Waals surface area contributed by atoms with Crippen LogP contribution in [0, 0.1) is 6.92 Å². The summed E-state index contributed by atoms with van der Waals surface area (Å²) in [5.74, 6) is -0.866. The van der Waals surface area contributed by atoms with Crippen LogP contribution in [0.4, 0.5) is 13.2 Å². The van der Waals surface area contributed by atoms with Gasteiger partial charge in [-0.15, -0.1) is 0 Å². The molecule has 0 unspecified atom stereocenters. The Bertz CT molecular complexity index is 1270. The Morgan fingerprint density at radius 2 is 1.58 bits per heavy atom. The van der Waals surface area contributed by atoms with Crippen LogP contribution in [0.5, 0.6) is 0 Å². The number of carbonyl (C=O) groups is 1. The minimum Gasteiger partial charge on any atom is -0.481 e. The Hall–Kier alpha value is -3.80. The first kappa shape index (κ1) is 22.4. The molecule has 3 nitrogen and oxygen atoms in total. The number of halogens is 3. The molecule has 1 aromatic heterocycles. The van der Waals surface area contributed by atoms with Gasteiger partial charge in [0.05, 0.1) is 11.3 Å². The lowest BCUT2D eigenvalue weighted by Gasteiger charge is -2.14. The van der Waals surface area contributed by atoms with Gasteiger partial charge in [-0.25, -0.2) is 0 Å². The molecule has 33 heavy (non-hydrogen) atoms. The lowest BCUT2D eigenvalue weighted by molar-refractivity contribution is -0.138. The minimum atomic E-state index is -4.40. The number of nitrogens with zero attached hydrogens (tertiary/aromatic N) is 1. The van der Waals surface area contributed by atoms with E-state index in [4.69, 9.17) is 5.11 Å². The summed E-state index contributed by atoms with van der Waals surface area (Å²) in [6, 6.07) is 24.5. The normalized spacial score (nSPS) is 11.5. The Labute approximate surface area is 189 Å². The number of aromatic nitrogens is 1. The Kier molecular flexibility index (Phi) is 6.09. The third-order valence-corrected chi connectivity index (χ3v) is 5.64. The molecule has 1 N–H and O–H groups in total. The molecule has 0 fully saturated rings. The molecular formula is C27H22F3NO2. The van der Waals surface area contributed by atoms with Crippen LogP contribution in [-0.4, -0.2) is 15.6 Å². The molecule has 0 aliphatic carbocycles. The highest BCUT2D eigenvalue weighted by Gasteiger charge is 2.30. The van der Waals surface area contributed by atoms with E-state index in [9.17, 15) is 18.0 Å². The third-order valence-electron chi connectivity index (χ3n) is 5.64. The largest absolute Gasteiger partial charge is 0.481 e. The molecule has 6 heteroatoms. The Morgan fingerprint density at radius 1 is 0.879 bits per heavy atom. The number of carboxylic acids is 1. The molecule has 168 valence electrons. The van der Waals surface area contributed by atoms with E-state index in [1.54, 1.807) is 0 Å². The van der Waals surface area contributed by atoms with E-state index in [-0.39, 0.29) is 6.42 Å². The van der Waals surface area contributed by atoms with E-state index >= 15 is 0 Å². The van der Waals surface area contributed by atoms with Crippen molar-refractivity contribution in [2.75, 3.05) is 0 Å². The number of rotatable bonds is 6. The number of aryl methyl sites for hydroxylation is 1. The summed E-state index contributed by atoms with van der Waals surface area (Å²) >= 11 is 0. The molecule has 3 aromatic carbocycles. The fourth-order valence-corrected chi connectivity index (χ4v) is 3.99. The van der Waals surface area contributed by atoms with E-state index in [0.29, 0.717) is 12.0 Å². The van der Waals surface area contributed by atoms with Gasteiger partial charge in [0.1, 0.15) is 0 Å². The van der Waals surface area contributed by atoms with Crippen molar-refractivity contribution >= 4 is 5.97 Å². The average Bonchev–Trinajstić information content (AvgIpc) is 3.15. The minimum absolute atomic E-state index is 0.0230. The second kappa shape index (κ2) is 8.98. The third kappa shape index (κ3) is 4.85. The second-order valence-electron chi connectivity index (χ2n) is 7.87. The number of hydrogen-bond acceptors (Lipinski definition) is 1. The van der Waals surface area contributed by atoms with Gasteiger partial charge in [-0.1, -0.05) is 54.6 Å².